The second-order valence-corrected chi connectivity index (χ2v) is 5.52. The molecule has 2 rings (SSSR count). The van der Waals surface area contributed by atoms with Crippen molar-refractivity contribution >= 4 is 35.2 Å². The lowest BCUT2D eigenvalue weighted by atomic mass is 10.2. The highest BCUT2D eigenvalue weighted by Gasteiger charge is 2.06. The summed E-state index contributed by atoms with van der Waals surface area (Å²) in [6.07, 6.45) is 3.91. The van der Waals surface area contributed by atoms with Gasteiger partial charge in [0.25, 0.3) is 0 Å². The predicted octanol–water partition coefficient (Wildman–Crippen LogP) is 4.56. The monoisotopic (exact) mass is 343 g/mol. The topological polar surface area (TPSA) is 55.4 Å². The third kappa shape index (κ3) is 5.56. The van der Waals surface area contributed by atoms with E-state index in [2.05, 4.69) is 5.32 Å². The number of esters is 1. The van der Waals surface area contributed by atoms with E-state index in [4.69, 9.17) is 16.3 Å². The van der Waals surface area contributed by atoms with Crippen LogP contribution in [0.4, 0.5) is 5.69 Å². The average Bonchev–Trinajstić information content (AvgIpc) is 2.60. The van der Waals surface area contributed by atoms with E-state index in [9.17, 15) is 9.59 Å². The lowest BCUT2D eigenvalue weighted by molar-refractivity contribution is -0.111. The van der Waals surface area contributed by atoms with Gasteiger partial charge in [0.2, 0.25) is 5.91 Å². The van der Waals surface area contributed by atoms with Crippen molar-refractivity contribution < 1.29 is 14.3 Å². The fourth-order valence-electron chi connectivity index (χ4n) is 1.90. The van der Waals surface area contributed by atoms with Gasteiger partial charge >= 0.3 is 5.97 Å². The standard InChI is InChI=1S/C19H18ClNO3/c1-2-13-24-19(23)15-6-10-17(11-7-15)21-18(22)12-5-14-3-8-16(20)9-4-14/h3-12H,2,13H2,1H3,(H,21,22)/b12-5+. The summed E-state index contributed by atoms with van der Waals surface area (Å²) in [6.45, 7) is 2.33. The Morgan fingerprint density at radius 3 is 2.38 bits per heavy atom. The molecule has 2 aromatic carbocycles. The first-order valence-corrected chi connectivity index (χ1v) is 7.98. The van der Waals surface area contributed by atoms with Crippen molar-refractivity contribution in [2.24, 2.45) is 0 Å². The Balaban J connectivity index is 1.92. The highest BCUT2D eigenvalue weighted by atomic mass is 35.5. The van der Waals surface area contributed by atoms with E-state index in [0.717, 1.165) is 12.0 Å². The maximum absolute atomic E-state index is 11.9. The van der Waals surface area contributed by atoms with E-state index in [0.29, 0.717) is 22.9 Å². The van der Waals surface area contributed by atoms with Crippen molar-refractivity contribution in [3.63, 3.8) is 0 Å². The second-order valence-electron chi connectivity index (χ2n) is 5.09. The van der Waals surface area contributed by atoms with Crippen molar-refractivity contribution in [1.82, 2.24) is 0 Å². The number of nitrogens with one attached hydrogen (secondary N) is 1. The largest absolute Gasteiger partial charge is 0.462 e. The summed E-state index contributed by atoms with van der Waals surface area (Å²) in [5.41, 5.74) is 1.94. The second kappa shape index (κ2) is 8.89. The minimum absolute atomic E-state index is 0.258. The molecule has 0 aliphatic carbocycles. The van der Waals surface area contributed by atoms with E-state index < -0.39 is 0 Å². The van der Waals surface area contributed by atoms with Gasteiger partial charge in [0.05, 0.1) is 12.2 Å². The Bertz CT molecular complexity index is 721. The first-order valence-electron chi connectivity index (χ1n) is 7.60. The molecule has 1 amide bonds. The molecule has 1 N–H and O–H groups in total. The zero-order valence-electron chi connectivity index (χ0n) is 13.3. The zero-order valence-corrected chi connectivity index (χ0v) is 14.0. The third-order valence-corrected chi connectivity index (χ3v) is 3.37. The normalized spacial score (nSPS) is 10.6. The van der Waals surface area contributed by atoms with E-state index in [1.165, 1.54) is 6.08 Å². The van der Waals surface area contributed by atoms with Gasteiger partial charge in [-0.1, -0.05) is 30.7 Å². The molecule has 0 bridgehead atoms. The minimum atomic E-state index is -0.364. The molecular weight excluding hydrogens is 326 g/mol. The number of carbonyl (C=O) groups excluding carboxylic acids is 2. The molecule has 0 radical (unpaired) electrons. The quantitative estimate of drug-likeness (QED) is 0.618. The van der Waals surface area contributed by atoms with Gasteiger partial charge in [-0.25, -0.2) is 4.79 Å². The van der Waals surface area contributed by atoms with Crippen LogP contribution in [0.15, 0.2) is 54.6 Å². The molecule has 4 nitrogen and oxygen atoms in total. The molecule has 0 spiro atoms. The summed E-state index contributed by atoms with van der Waals surface area (Å²) in [5.74, 6) is -0.622. The predicted molar refractivity (Wildman–Crippen MR) is 96.1 cm³/mol. The molecule has 0 aliphatic heterocycles. The Hall–Kier alpha value is -2.59. The summed E-state index contributed by atoms with van der Waals surface area (Å²) in [6, 6.07) is 13.7. The fourth-order valence-corrected chi connectivity index (χ4v) is 2.02. The summed E-state index contributed by atoms with van der Waals surface area (Å²) in [5, 5.41) is 3.38. The summed E-state index contributed by atoms with van der Waals surface area (Å²) >= 11 is 5.81. The maximum Gasteiger partial charge on any atom is 0.338 e. The van der Waals surface area contributed by atoms with E-state index in [1.807, 2.05) is 19.1 Å². The van der Waals surface area contributed by atoms with Crippen LogP contribution in [0.3, 0.4) is 0 Å². The van der Waals surface area contributed by atoms with E-state index >= 15 is 0 Å². The molecule has 5 heteroatoms. The van der Waals surface area contributed by atoms with Gasteiger partial charge in [-0.15, -0.1) is 0 Å². The van der Waals surface area contributed by atoms with Gasteiger partial charge < -0.3 is 10.1 Å². The number of ether oxygens (including phenoxy) is 1. The van der Waals surface area contributed by atoms with Crippen LogP contribution in [0.25, 0.3) is 6.08 Å². The van der Waals surface area contributed by atoms with Gasteiger partial charge in [-0.3, -0.25) is 4.79 Å². The lowest BCUT2D eigenvalue weighted by Gasteiger charge is -2.05. The number of halogens is 1. The van der Waals surface area contributed by atoms with Crippen LogP contribution in [0, 0.1) is 0 Å². The van der Waals surface area contributed by atoms with Crippen LogP contribution in [0.1, 0.15) is 29.3 Å². The van der Waals surface area contributed by atoms with Crippen molar-refractivity contribution in [2.75, 3.05) is 11.9 Å². The van der Waals surface area contributed by atoms with Crippen LogP contribution in [0.5, 0.6) is 0 Å². The Morgan fingerprint density at radius 2 is 1.75 bits per heavy atom. The van der Waals surface area contributed by atoms with Gasteiger partial charge in [-0.2, -0.15) is 0 Å². The molecular formula is C19H18ClNO3. The molecule has 2 aromatic rings. The van der Waals surface area contributed by atoms with E-state index in [1.54, 1.807) is 42.5 Å². The third-order valence-electron chi connectivity index (χ3n) is 3.12. The molecule has 0 atom stereocenters. The van der Waals surface area contributed by atoms with Crippen LogP contribution in [-0.2, 0) is 9.53 Å². The molecule has 124 valence electrons. The maximum atomic E-state index is 11.9. The van der Waals surface area contributed by atoms with Crippen LogP contribution in [-0.4, -0.2) is 18.5 Å². The van der Waals surface area contributed by atoms with Crippen molar-refractivity contribution in [1.29, 1.82) is 0 Å². The lowest BCUT2D eigenvalue weighted by Crippen LogP contribution is -2.09. The molecule has 24 heavy (non-hydrogen) atoms. The summed E-state index contributed by atoms with van der Waals surface area (Å²) < 4.78 is 5.05. The number of hydrogen-bond acceptors (Lipinski definition) is 3. The summed E-state index contributed by atoms with van der Waals surface area (Å²) in [4.78, 5) is 23.6. The highest BCUT2D eigenvalue weighted by molar-refractivity contribution is 6.30. The highest BCUT2D eigenvalue weighted by Crippen LogP contribution is 2.12. The number of amides is 1. The first-order chi connectivity index (χ1) is 11.6. The molecule has 0 saturated carbocycles. The SMILES string of the molecule is CCCOC(=O)c1ccc(NC(=O)/C=C/c2ccc(Cl)cc2)cc1. The van der Waals surface area contributed by atoms with Gasteiger partial charge in [0.1, 0.15) is 0 Å². The summed E-state index contributed by atoms with van der Waals surface area (Å²) in [7, 11) is 0. The van der Waals surface area contributed by atoms with E-state index in [-0.39, 0.29) is 11.9 Å². The minimum Gasteiger partial charge on any atom is -0.462 e. The molecule has 0 unspecified atom stereocenters. The first kappa shape index (κ1) is 17.8. The Kier molecular flexibility index (Phi) is 6.58. The van der Waals surface area contributed by atoms with Crippen molar-refractivity contribution in [2.45, 2.75) is 13.3 Å². The molecule has 0 aromatic heterocycles. The van der Waals surface area contributed by atoms with Crippen molar-refractivity contribution in [3.05, 3.63) is 70.8 Å². The van der Waals surface area contributed by atoms with Crippen LogP contribution in [0.2, 0.25) is 5.02 Å². The Labute approximate surface area is 146 Å². The average molecular weight is 344 g/mol. The van der Waals surface area contributed by atoms with Crippen LogP contribution >= 0.6 is 11.6 Å². The number of rotatable bonds is 6. The molecule has 0 aliphatic rings. The Morgan fingerprint density at radius 1 is 1.08 bits per heavy atom. The molecule has 0 heterocycles. The number of anilines is 1. The van der Waals surface area contributed by atoms with Crippen molar-refractivity contribution in [3.8, 4) is 0 Å². The van der Waals surface area contributed by atoms with Gasteiger partial charge in [0, 0.05) is 16.8 Å². The zero-order chi connectivity index (χ0) is 17.4. The molecule has 0 fully saturated rings. The number of benzene rings is 2. The number of hydrogen-bond donors (Lipinski definition) is 1. The smallest absolute Gasteiger partial charge is 0.338 e. The number of carbonyl (C=O) groups is 2. The van der Waals surface area contributed by atoms with Gasteiger partial charge in [0.15, 0.2) is 0 Å². The molecule has 0 saturated heterocycles. The fraction of sp³-hybridized carbons (Fsp3) is 0.158. The van der Waals surface area contributed by atoms with Gasteiger partial charge in [-0.05, 0) is 54.5 Å². The van der Waals surface area contributed by atoms with Crippen LogP contribution < -0.4 is 5.32 Å².